The first kappa shape index (κ1) is 6.08. The molecule has 1 saturated carbocycles. The number of rotatable bonds is 2. The first-order valence-corrected chi connectivity index (χ1v) is 4.46. The summed E-state index contributed by atoms with van der Waals surface area (Å²) in [7, 11) is -2.91. The van der Waals surface area contributed by atoms with E-state index < -0.39 is 9.84 Å². The molecule has 0 spiro atoms. The lowest BCUT2D eigenvalue weighted by Gasteiger charge is -1.89. The smallest absolute Gasteiger partial charge is 0.151 e. The Hall–Kier alpha value is -0.0500. The van der Waals surface area contributed by atoms with Gasteiger partial charge >= 0.3 is 0 Å². The van der Waals surface area contributed by atoms with E-state index in [-0.39, 0.29) is 0 Å². The highest BCUT2D eigenvalue weighted by atomic mass is 32.2. The topological polar surface area (TPSA) is 34.1 Å². The summed E-state index contributed by atoms with van der Waals surface area (Å²) in [5.74, 6) is 0.741. The molecule has 0 aromatic carbocycles. The molecule has 1 fully saturated rings. The fourth-order valence-electron chi connectivity index (χ4n) is 0.644. The average Bonchev–Trinajstić information content (AvgIpc) is 2.12. The minimum absolute atomic E-state index is 0.299. The quantitative estimate of drug-likeness (QED) is 0.553. The molecule has 0 amide bonds. The largest absolute Gasteiger partial charge is 0.229 e. The summed E-state index contributed by atoms with van der Waals surface area (Å²) >= 11 is 0. The van der Waals surface area contributed by atoms with Crippen LogP contribution in [0.5, 0.6) is 0 Å². The minimum Gasteiger partial charge on any atom is -0.229 e. The van der Waals surface area contributed by atoms with Gasteiger partial charge in [-0.1, -0.05) is 0 Å². The van der Waals surface area contributed by atoms with Crippen molar-refractivity contribution in [2.75, 3.05) is 5.75 Å². The summed E-state index contributed by atoms with van der Waals surface area (Å²) in [6.45, 7) is 0. The standard InChI is InChI=1S/C5H9O2S/c1-8(6,7)4-5-2-3-5/h5H,1-4H2. The van der Waals surface area contributed by atoms with Crippen LogP contribution < -0.4 is 0 Å². The molecule has 1 rings (SSSR count). The van der Waals surface area contributed by atoms with E-state index in [2.05, 4.69) is 6.26 Å². The van der Waals surface area contributed by atoms with Gasteiger partial charge < -0.3 is 0 Å². The maximum Gasteiger partial charge on any atom is 0.151 e. The highest BCUT2D eigenvalue weighted by molar-refractivity contribution is 7.92. The van der Waals surface area contributed by atoms with Crippen molar-refractivity contribution in [1.82, 2.24) is 0 Å². The Morgan fingerprint density at radius 2 is 2.00 bits per heavy atom. The SMILES string of the molecule is [CH2]S(=O)(=O)CC1CC1. The highest BCUT2D eigenvalue weighted by Crippen LogP contribution is 2.29. The minimum atomic E-state index is -2.91. The van der Waals surface area contributed by atoms with Crippen LogP contribution in [-0.2, 0) is 9.84 Å². The van der Waals surface area contributed by atoms with Crippen molar-refractivity contribution in [3.05, 3.63) is 6.26 Å². The molecular weight excluding hydrogens is 124 g/mol. The molecule has 2 nitrogen and oxygen atoms in total. The summed E-state index contributed by atoms with van der Waals surface area (Å²) in [6.07, 6.45) is 5.18. The van der Waals surface area contributed by atoms with Crippen molar-refractivity contribution in [3.8, 4) is 0 Å². The van der Waals surface area contributed by atoms with Crippen LogP contribution >= 0.6 is 0 Å². The fraction of sp³-hybridized carbons (Fsp3) is 0.800. The molecule has 1 radical (unpaired) electrons. The zero-order chi connectivity index (χ0) is 6.20. The molecule has 0 aromatic heterocycles. The van der Waals surface area contributed by atoms with Crippen LogP contribution in [0.25, 0.3) is 0 Å². The molecule has 8 heavy (non-hydrogen) atoms. The molecule has 0 unspecified atom stereocenters. The molecule has 47 valence electrons. The van der Waals surface area contributed by atoms with Gasteiger partial charge in [0.1, 0.15) is 0 Å². The maximum absolute atomic E-state index is 10.4. The molecule has 0 aliphatic heterocycles. The first-order chi connectivity index (χ1) is 3.58. The second-order valence-electron chi connectivity index (χ2n) is 2.35. The van der Waals surface area contributed by atoms with Crippen LogP contribution in [0.3, 0.4) is 0 Å². The van der Waals surface area contributed by atoms with Crippen LogP contribution in [0.2, 0.25) is 0 Å². The Morgan fingerprint density at radius 1 is 1.50 bits per heavy atom. The number of hydrogen-bond acceptors (Lipinski definition) is 2. The summed E-state index contributed by atoms with van der Waals surface area (Å²) in [5.41, 5.74) is 0. The second kappa shape index (κ2) is 1.72. The van der Waals surface area contributed by atoms with Crippen molar-refractivity contribution in [1.29, 1.82) is 0 Å². The van der Waals surface area contributed by atoms with Gasteiger partial charge in [0.05, 0.1) is 12.0 Å². The lowest BCUT2D eigenvalue weighted by Crippen LogP contribution is -2.01. The van der Waals surface area contributed by atoms with Crippen LogP contribution in [0.15, 0.2) is 0 Å². The molecule has 3 heteroatoms. The Labute approximate surface area is 49.8 Å². The molecule has 0 N–H and O–H groups in total. The number of sulfone groups is 1. The first-order valence-electron chi connectivity index (χ1n) is 2.64. The van der Waals surface area contributed by atoms with Crippen LogP contribution in [0, 0.1) is 12.2 Å². The molecule has 1 aliphatic carbocycles. The van der Waals surface area contributed by atoms with Gasteiger partial charge in [0.2, 0.25) is 0 Å². The Morgan fingerprint density at radius 3 is 2.12 bits per heavy atom. The van der Waals surface area contributed by atoms with E-state index in [1.807, 2.05) is 0 Å². The third-order valence-electron chi connectivity index (χ3n) is 1.19. The Balaban J connectivity index is 2.38. The Bertz CT molecular complexity index is 165. The lowest BCUT2D eigenvalue weighted by molar-refractivity contribution is 0.600. The average molecular weight is 133 g/mol. The monoisotopic (exact) mass is 133 g/mol. The van der Waals surface area contributed by atoms with Gasteiger partial charge in [0, 0.05) is 0 Å². The van der Waals surface area contributed by atoms with E-state index in [9.17, 15) is 8.42 Å². The molecule has 0 aromatic rings. The van der Waals surface area contributed by atoms with Crippen LogP contribution in [0.4, 0.5) is 0 Å². The number of hydrogen-bond donors (Lipinski definition) is 0. The second-order valence-corrected chi connectivity index (χ2v) is 4.17. The van der Waals surface area contributed by atoms with Gasteiger partial charge in [-0.25, -0.2) is 8.42 Å². The molecule has 1 aliphatic rings. The molecule has 0 atom stereocenters. The molecule has 0 bridgehead atoms. The van der Waals surface area contributed by atoms with Gasteiger partial charge in [-0.2, -0.15) is 0 Å². The van der Waals surface area contributed by atoms with Crippen molar-refractivity contribution in [3.63, 3.8) is 0 Å². The summed E-state index contributed by atoms with van der Waals surface area (Å²) in [4.78, 5) is 0. The highest BCUT2D eigenvalue weighted by Gasteiger charge is 2.25. The van der Waals surface area contributed by atoms with E-state index in [1.165, 1.54) is 0 Å². The van der Waals surface area contributed by atoms with Crippen molar-refractivity contribution in [2.45, 2.75) is 12.8 Å². The van der Waals surface area contributed by atoms with Gasteiger partial charge in [-0.05, 0) is 18.8 Å². The van der Waals surface area contributed by atoms with Crippen molar-refractivity contribution in [2.24, 2.45) is 5.92 Å². The van der Waals surface area contributed by atoms with E-state index in [1.54, 1.807) is 0 Å². The third-order valence-corrected chi connectivity index (χ3v) is 2.17. The fourth-order valence-corrected chi connectivity index (χ4v) is 1.70. The van der Waals surface area contributed by atoms with Gasteiger partial charge in [-0.15, -0.1) is 0 Å². The predicted molar refractivity (Wildman–Crippen MR) is 31.9 cm³/mol. The summed E-state index contributed by atoms with van der Waals surface area (Å²) in [6, 6.07) is 0. The Kier molecular flexibility index (Phi) is 1.31. The summed E-state index contributed by atoms with van der Waals surface area (Å²) in [5, 5.41) is 0. The van der Waals surface area contributed by atoms with E-state index in [0.717, 1.165) is 12.8 Å². The normalized spacial score (nSPS) is 21.1. The maximum atomic E-state index is 10.4. The predicted octanol–water partition coefficient (Wildman–Crippen LogP) is 0.603. The lowest BCUT2D eigenvalue weighted by atomic mass is 10.5. The molecule has 0 saturated heterocycles. The van der Waals surface area contributed by atoms with E-state index >= 15 is 0 Å². The third kappa shape index (κ3) is 2.31. The van der Waals surface area contributed by atoms with Gasteiger partial charge in [0.25, 0.3) is 0 Å². The van der Waals surface area contributed by atoms with Crippen LogP contribution in [0.1, 0.15) is 12.8 Å². The van der Waals surface area contributed by atoms with Crippen molar-refractivity contribution < 1.29 is 8.42 Å². The molecule has 0 heterocycles. The van der Waals surface area contributed by atoms with E-state index in [4.69, 9.17) is 0 Å². The summed E-state index contributed by atoms with van der Waals surface area (Å²) < 4.78 is 20.7. The van der Waals surface area contributed by atoms with Crippen LogP contribution in [-0.4, -0.2) is 14.2 Å². The zero-order valence-electron chi connectivity index (χ0n) is 4.63. The molecular formula is C5H9O2S. The van der Waals surface area contributed by atoms with Crippen molar-refractivity contribution >= 4 is 9.84 Å². The van der Waals surface area contributed by atoms with Gasteiger partial charge in [-0.3, -0.25) is 0 Å². The van der Waals surface area contributed by atoms with E-state index in [0.29, 0.717) is 11.7 Å². The van der Waals surface area contributed by atoms with Gasteiger partial charge in [0.15, 0.2) is 9.84 Å². The zero-order valence-corrected chi connectivity index (χ0v) is 5.45.